The van der Waals surface area contributed by atoms with Crippen molar-refractivity contribution in [3.8, 4) is 0 Å². The van der Waals surface area contributed by atoms with Gasteiger partial charge in [-0.05, 0) is 25.2 Å². The number of primary amides is 1. The molecule has 6 heteroatoms. The fourth-order valence-corrected chi connectivity index (χ4v) is 3.47. The largest absolute Gasteiger partial charge is 0.384 e. The van der Waals surface area contributed by atoms with Crippen LogP contribution in [-0.4, -0.2) is 28.4 Å². The molecule has 0 radical (unpaired) electrons. The average Bonchev–Trinajstić information content (AvgIpc) is 2.41. The maximum absolute atomic E-state index is 11.5. The molecule has 1 aromatic heterocycles. The predicted molar refractivity (Wildman–Crippen MR) is 80.3 cm³/mol. The van der Waals surface area contributed by atoms with E-state index in [-0.39, 0.29) is 0 Å². The molecule has 2 atom stereocenters. The van der Waals surface area contributed by atoms with Gasteiger partial charge < -0.3 is 16.8 Å². The number of nitrogens with zero attached hydrogens (tertiary/aromatic N) is 1. The summed E-state index contributed by atoms with van der Waals surface area (Å²) in [6, 6.07) is 1.88. The first-order valence-electron chi connectivity index (χ1n) is 6.46. The molecule has 1 aliphatic rings. The van der Waals surface area contributed by atoms with Gasteiger partial charge in [-0.15, -0.1) is 0 Å². The smallest absolute Gasteiger partial charge is 0.250 e. The first-order valence-corrected chi connectivity index (χ1v) is 7.75. The van der Waals surface area contributed by atoms with E-state index < -0.39 is 5.91 Å². The van der Waals surface area contributed by atoms with Gasteiger partial charge in [0.2, 0.25) is 0 Å². The topological polar surface area (TPSA) is 94.0 Å². The second-order valence-corrected chi connectivity index (χ2v) is 5.91. The number of amides is 1. The molecule has 0 bridgehead atoms. The van der Waals surface area contributed by atoms with Crippen LogP contribution in [0.15, 0.2) is 12.3 Å². The number of hydrogen-bond donors (Lipinski definition) is 3. The Bertz CT molecular complexity index is 466. The standard InChI is InChI=1S/C13H20N4OS/c1-19-11-5-3-2-4-9(11)17-10-7-16-12(14)6-8(10)13(15)18/h6-7,9,11,17H,2-5H2,1H3,(H2,14,16)(H2,15,18). The molecule has 1 amide bonds. The van der Waals surface area contributed by atoms with E-state index in [1.807, 2.05) is 11.8 Å². The van der Waals surface area contributed by atoms with Gasteiger partial charge in [0.25, 0.3) is 5.91 Å². The molecule has 19 heavy (non-hydrogen) atoms. The fourth-order valence-electron chi connectivity index (χ4n) is 2.53. The summed E-state index contributed by atoms with van der Waals surface area (Å²) < 4.78 is 0. The van der Waals surface area contributed by atoms with Crippen molar-refractivity contribution >= 4 is 29.2 Å². The van der Waals surface area contributed by atoms with Gasteiger partial charge in [-0.1, -0.05) is 12.8 Å². The Kier molecular flexibility index (Phi) is 4.52. The maximum atomic E-state index is 11.5. The third-order valence-electron chi connectivity index (χ3n) is 3.54. The Hall–Kier alpha value is -1.43. The minimum Gasteiger partial charge on any atom is -0.384 e. The molecule has 1 heterocycles. The van der Waals surface area contributed by atoms with Crippen molar-refractivity contribution in [2.24, 2.45) is 5.73 Å². The molecule has 2 unspecified atom stereocenters. The highest BCUT2D eigenvalue weighted by atomic mass is 32.2. The third-order valence-corrected chi connectivity index (χ3v) is 4.71. The van der Waals surface area contributed by atoms with Gasteiger partial charge in [0.05, 0.1) is 17.4 Å². The number of aromatic nitrogens is 1. The zero-order valence-corrected chi connectivity index (χ0v) is 11.9. The van der Waals surface area contributed by atoms with E-state index in [4.69, 9.17) is 11.5 Å². The van der Waals surface area contributed by atoms with Crippen LogP contribution in [0.25, 0.3) is 0 Å². The number of carbonyl (C=O) groups excluding carboxylic acids is 1. The lowest BCUT2D eigenvalue weighted by Gasteiger charge is -2.32. The highest BCUT2D eigenvalue weighted by Gasteiger charge is 2.25. The number of hydrogen-bond acceptors (Lipinski definition) is 5. The second kappa shape index (κ2) is 6.14. The quantitative estimate of drug-likeness (QED) is 0.782. The van der Waals surface area contributed by atoms with Crippen molar-refractivity contribution in [2.45, 2.75) is 37.0 Å². The normalized spacial score (nSPS) is 23.0. The van der Waals surface area contributed by atoms with Gasteiger partial charge in [0, 0.05) is 11.3 Å². The zero-order chi connectivity index (χ0) is 13.8. The molecule has 0 aromatic carbocycles. The lowest BCUT2D eigenvalue weighted by atomic mass is 9.94. The van der Waals surface area contributed by atoms with Crippen LogP contribution >= 0.6 is 11.8 Å². The lowest BCUT2D eigenvalue weighted by molar-refractivity contribution is 0.100. The molecular weight excluding hydrogens is 260 g/mol. The van der Waals surface area contributed by atoms with Gasteiger partial charge in [-0.2, -0.15) is 11.8 Å². The number of thioether (sulfide) groups is 1. The predicted octanol–water partition coefficient (Wildman–Crippen LogP) is 1.85. The molecule has 1 aromatic rings. The number of anilines is 2. The van der Waals surface area contributed by atoms with Crippen LogP contribution in [0.1, 0.15) is 36.0 Å². The number of pyridine rings is 1. The summed E-state index contributed by atoms with van der Waals surface area (Å²) in [5, 5.41) is 3.98. The molecule has 0 aliphatic heterocycles. The van der Waals surface area contributed by atoms with Gasteiger partial charge in [0.15, 0.2) is 0 Å². The summed E-state index contributed by atoms with van der Waals surface area (Å²) in [5.41, 5.74) is 12.1. The number of nitrogen functional groups attached to an aromatic ring is 1. The van der Waals surface area contributed by atoms with Gasteiger partial charge in [0.1, 0.15) is 5.82 Å². The zero-order valence-electron chi connectivity index (χ0n) is 11.1. The number of carbonyl (C=O) groups is 1. The molecule has 5 N–H and O–H groups in total. The molecule has 1 aliphatic carbocycles. The van der Waals surface area contributed by atoms with E-state index in [9.17, 15) is 4.79 Å². The van der Waals surface area contributed by atoms with Gasteiger partial charge in [-0.25, -0.2) is 4.98 Å². The summed E-state index contributed by atoms with van der Waals surface area (Å²) >= 11 is 1.87. The van der Waals surface area contributed by atoms with E-state index in [1.54, 1.807) is 6.20 Å². The molecule has 0 spiro atoms. The number of nitrogens with one attached hydrogen (secondary N) is 1. The maximum Gasteiger partial charge on any atom is 0.250 e. The molecule has 0 saturated heterocycles. The highest BCUT2D eigenvalue weighted by Crippen LogP contribution is 2.30. The van der Waals surface area contributed by atoms with Crippen LogP contribution in [-0.2, 0) is 0 Å². The van der Waals surface area contributed by atoms with E-state index in [0.717, 1.165) is 6.42 Å². The molecule has 1 saturated carbocycles. The van der Waals surface area contributed by atoms with Gasteiger partial charge >= 0.3 is 0 Å². The van der Waals surface area contributed by atoms with E-state index in [0.29, 0.717) is 28.4 Å². The van der Waals surface area contributed by atoms with Crippen molar-refractivity contribution in [1.29, 1.82) is 0 Å². The SMILES string of the molecule is CSC1CCCCC1Nc1cnc(N)cc1C(N)=O. The molecular formula is C13H20N4OS. The summed E-state index contributed by atoms with van der Waals surface area (Å²) in [7, 11) is 0. The van der Waals surface area contributed by atoms with E-state index in [1.165, 1.54) is 25.3 Å². The number of rotatable bonds is 4. The molecule has 5 nitrogen and oxygen atoms in total. The monoisotopic (exact) mass is 280 g/mol. The first-order chi connectivity index (χ1) is 9.11. The van der Waals surface area contributed by atoms with E-state index >= 15 is 0 Å². The van der Waals surface area contributed by atoms with Crippen molar-refractivity contribution in [1.82, 2.24) is 4.98 Å². The Labute approximate surface area is 117 Å². The van der Waals surface area contributed by atoms with E-state index in [2.05, 4.69) is 16.6 Å². The first kappa shape index (κ1) is 14.0. The Morgan fingerprint density at radius 3 is 2.89 bits per heavy atom. The second-order valence-electron chi connectivity index (χ2n) is 4.83. The van der Waals surface area contributed by atoms with Crippen LogP contribution in [0.4, 0.5) is 11.5 Å². The molecule has 104 valence electrons. The summed E-state index contributed by atoms with van der Waals surface area (Å²) in [6.07, 6.45) is 8.51. The molecule has 2 rings (SSSR count). The minimum atomic E-state index is -0.479. The van der Waals surface area contributed by atoms with Crippen LogP contribution in [0, 0.1) is 0 Å². The Balaban J connectivity index is 2.20. The van der Waals surface area contributed by atoms with Crippen molar-refractivity contribution < 1.29 is 4.79 Å². The van der Waals surface area contributed by atoms with Crippen molar-refractivity contribution in [3.63, 3.8) is 0 Å². The average molecular weight is 280 g/mol. The van der Waals surface area contributed by atoms with Crippen LogP contribution < -0.4 is 16.8 Å². The third kappa shape index (κ3) is 3.32. The molecule has 1 fully saturated rings. The summed E-state index contributed by atoms with van der Waals surface area (Å²) in [5.74, 6) is -0.169. The Morgan fingerprint density at radius 2 is 2.21 bits per heavy atom. The summed E-state index contributed by atoms with van der Waals surface area (Å²) in [4.78, 5) is 15.5. The van der Waals surface area contributed by atoms with Crippen molar-refractivity contribution in [2.75, 3.05) is 17.3 Å². The Morgan fingerprint density at radius 1 is 1.47 bits per heavy atom. The van der Waals surface area contributed by atoms with Crippen LogP contribution in [0.3, 0.4) is 0 Å². The highest BCUT2D eigenvalue weighted by molar-refractivity contribution is 7.99. The van der Waals surface area contributed by atoms with Crippen molar-refractivity contribution in [3.05, 3.63) is 17.8 Å². The summed E-state index contributed by atoms with van der Waals surface area (Å²) in [6.45, 7) is 0. The fraction of sp³-hybridized carbons (Fsp3) is 0.538. The van der Waals surface area contributed by atoms with Gasteiger partial charge in [-0.3, -0.25) is 4.79 Å². The van der Waals surface area contributed by atoms with Crippen LogP contribution in [0.5, 0.6) is 0 Å². The number of nitrogens with two attached hydrogens (primary N) is 2. The van der Waals surface area contributed by atoms with Crippen LogP contribution in [0.2, 0.25) is 0 Å². The lowest BCUT2D eigenvalue weighted by Crippen LogP contribution is -2.35. The minimum absolute atomic E-state index is 0.310.